The molecule has 0 radical (unpaired) electrons. The molecule has 2 fully saturated rings. The van der Waals surface area contributed by atoms with Crippen molar-refractivity contribution in [3.05, 3.63) is 66.2 Å². The van der Waals surface area contributed by atoms with Gasteiger partial charge in [0, 0.05) is 37.8 Å². The number of amides is 1. The van der Waals surface area contributed by atoms with Crippen LogP contribution in [0.1, 0.15) is 51.0 Å². The third-order valence-electron chi connectivity index (χ3n) is 6.29. The van der Waals surface area contributed by atoms with Crippen LogP contribution < -0.4 is 10.2 Å². The van der Waals surface area contributed by atoms with Gasteiger partial charge >= 0.3 is 0 Å². The molecule has 0 atom stereocenters. The molecule has 0 aliphatic carbocycles. The minimum absolute atomic E-state index is 0.230. The van der Waals surface area contributed by atoms with E-state index in [2.05, 4.69) is 52.7 Å². The molecule has 0 saturated carbocycles. The second-order valence-electron chi connectivity index (χ2n) is 8.57. The molecule has 1 N–H and O–H groups in total. The van der Waals surface area contributed by atoms with Gasteiger partial charge in [0.15, 0.2) is 0 Å². The number of benzene rings is 2. The smallest absolute Gasteiger partial charge is 0.226 e. The van der Waals surface area contributed by atoms with Gasteiger partial charge in [-0.1, -0.05) is 61.9 Å². The van der Waals surface area contributed by atoms with E-state index in [0.717, 1.165) is 44.6 Å². The molecule has 1 amide bonds. The summed E-state index contributed by atoms with van der Waals surface area (Å²) in [6.07, 6.45) is 7.97. The highest BCUT2D eigenvalue weighted by atomic mass is 16.2. The van der Waals surface area contributed by atoms with Gasteiger partial charge in [-0.2, -0.15) is 0 Å². The lowest BCUT2D eigenvalue weighted by molar-refractivity contribution is -0.119. The average molecular weight is 422 g/mol. The molecular weight excluding hydrogens is 382 g/mol. The van der Waals surface area contributed by atoms with Crippen LogP contribution in [0.3, 0.4) is 0 Å². The molecule has 0 spiro atoms. The van der Waals surface area contributed by atoms with E-state index < -0.39 is 0 Å². The van der Waals surface area contributed by atoms with Crippen molar-refractivity contribution in [2.24, 2.45) is 0 Å². The molecule has 2 aliphatic heterocycles. The second-order valence-corrected chi connectivity index (χ2v) is 8.57. The van der Waals surface area contributed by atoms with E-state index in [4.69, 9.17) is 0 Å². The van der Waals surface area contributed by atoms with Gasteiger partial charge in [0.2, 0.25) is 5.91 Å². The Kier molecular flexibility index (Phi) is 10.1. The summed E-state index contributed by atoms with van der Waals surface area (Å²) in [7, 11) is 0. The van der Waals surface area contributed by atoms with Crippen molar-refractivity contribution in [1.82, 2.24) is 10.2 Å². The number of piperidine rings is 2. The van der Waals surface area contributed by atoms with E-state index in [1.807, 2.05) is 30.0 Å². The van der Waals surface area contributed by atoms with Crippen LogP contribution in [0.4, 0.5) is 5.69 Å². The molecular formula is C27H39N3O. The van der Waals surface area contributed by atoms with E-state index in [-0.39, 0.29) is 5.91 Å². The molecule has 4 nitrogen and oxygen atoms in total. The number of rotatable bonds is 6. The molecule has 2 aliphatic rings. The van der Waals surface area contributed by atoms with Crippen molar-refractivity contribution in [2.75, 3.05) is 37.6 Å². The number of nitrogens with one attached hydrogen (secondary N) is 1. The molecule has 0 unspecified atom stereocenters. The van der Waals surface area contributed by atoms with E-state index in [0.29, 0.717) is 12.5 Å². The summed E-state index contributed by atoms with van der Waals surface area (Å²) < 4.78 is 0. The fourth-order valence-electron chi connectivity index (χ4n) is 4.45. The van der Waals surface area contributed by atoms with Gasteiger partial charge in [0.1, 0.15) is 0 Å². The maximum Gasteiger partial charge on any atom is 0.226 e. The van der Waals surface area contributed by atoms with Gasteiger partial charge in [-0.25, -0.2) is 0 Å². The summed E-state index contributed by atoms with van der Waals surface area (Å²) in [4.78, 5) is 17.1. The zero-order valence-electron chi connectivity index (χ0n) is 19.1. The van der Waals surface area contributed by atoms with Gasteiger partial charge in [-0.05, 0) is 62.9 Å². The van der Waals surface area contributed by atoms with Crippen LogP contribution in [-0.2, 0) is 11.2 Å². The molecule has 31 heavy (non-hydrogen) atoms. The first-order valence-electron chi connectivity index (χ1n) is 12.1. The Hall–Kier alpha value is -2.17. The molecule has 4 rings (SSSR count). The highest BCUT2D eigenvalue weighted by Gasteiger charge is 2.28. The van der Waals surface area contributed by atoms with Crippen molar-refractivity contribution in [3.8, 4) is 0 Å². The zero-order chi connectivity index (χ0) is 21.7. The molecule has 2 aromatic carbocycles. The maximum atomic E-state index is 12.5. The Labute approximate surface area is 188 Å². The highest BCUT2D eigenvalue weighted by Crippen LogP contribution is 2.24. The predicted molar refractivity (Wildman–Crippen MR) is 131 cm³/mol. The number of likely N-dealkylation sites (tertiary alicyclic amines) is 1. The van der Waals surface area contributed by atoms with Gasteiger partial charge < -0.3 is 15.1 Å². The van der Waals surface area contributed by atoms with Crippen LogP contribution in [0.5, 0.6) is 0 Å². The fraction of sp³-hybridized carbons (Fsp3) is 0.519. The quantitative estimate of drug-likeness (QED) is 0.721. The first-order valence-corrected chi connectivity index (χ1v) is 12.1. The molecule has 2 saturated heterocycles. The van der Waals surface area contributed by atoms with Crippen molar-refractivity contribution in [3.63, 3.8) is 0 Å². The van der Waals surface area contributed by atoms with Crippen LogP contribution in [0.2, 0.25) is 0 Å². The monoisotopic (exact) mass is 421 g/mol. The number of nitrogens with zero attached hydrogens (tertiary/aromatic N) is 2. The Morgan fingerprint density at radius 2 is 1.55 bits per heavy atom. The van der Waals surface area contributed by atoms with Gasteiger partial charge in [-0.3, -0.25) is 4.79 Å². The predicted octanol–water partition coefficient (Wildman–Crippen LogP) is 4.90. The molecule has 168 valence electrons. The Bertz CT molecular complexity index is 726. The lowest BCUT2D eigenvalue weighted by atomic mass is 10.0. The molecule has 0 bridgehead atoms. The minimum atomic E-state index is 0.230. The van der Waals surface area contributed by atoms with Crippen LogP contribution >= 0.6 is 0 Å². The standard InChI is InChI=1S/C22H28N2O.C5H11N/c1-2-22(25)24(20-11-7-4-8-12-20)21-14-17-23(18-15-21)16-13-19-9-5-3-6-10-19;1-2-4-6-5-3-1/h3-12,21H,2,13-18H2,1H3;6H,1-5H2. The Morgan fingerprint density at radius 3 is 2.06 bits per heavy atom. The third-order valence-corrected chi connectivity index (χ3v) is 6.29. The van der Waals surface area contributed by atoms with Crippen LogP contribution in [0.25, 0.3) is 0 Å². The Morgan fingerprint density at radius 1 is 0.935 bits per heavy atom. The minimum Gasteiger partial charge on any atom is -0.317 e. The number of hydrogen-bond acceptors (Lipinski definition) is 3. The maximum absolute atomic E-state index is 12.5. The van der Waals surface area contributed by atoms with E-state index in [9.17, 15) is 4.79 Å². The van der Waals surface area contributed by atoms with Crippen molar-refractivity contribution >= 4 is 11.6 Å². The van der Waals surface area contributed by atoms with Gasteiger partial charge in [-0.15, -0.1) is 0 Å². The fourth-order valence-corrected chi connectivity index (χ4v) is 4.45. The van der Waals surface area contributed by atoms with Crippen molar-refractivity contribution in [1.29, 1.82) is 0 Å². The summed E-state index contributed by atoms with van der Waals surface area (Å²) in [5.74, 6) is 0.230. The topological polar surface area (TPSA) is 35.6 Å². The van der Waals surface area contributed by atoms with Crippen LogP contribution in [-0.4, -0.2) is 49.6 Å². The number of carbonyl (C=O) groups excluding carboxylic acids is 1. The average Bonchev–Trinajstić information content (AvgIpc) is 2.86. The van der Waals surface area contributed by atoms with Crippen LogP contribution in [0.15, 0.2) is 60.7 Å². The first kappa shape index (κ1) is 23.5. The molecule has 2 aromatic rings. The largest absolute Gasteiger partial charge is 0.317 e. The lowest BCUT2D eigenvalue weighted by Gasteiger charge is -2.38. The third kappa shape index (κ3) is 7.79. The van der Waals surface area contributed by atoms with Crippen LogP contribution in [0, 0.1) is 0 Å². The zero-order valence-corrected chi connectivity index (χ0v) is 19.1. The Balaban J connectivity index is 0.000000391. The summed E-state index contributed by atoms with van der Waals surface area (Å²) in [5.41, 5.74) is 2.44. The number of para-hydroxylation sites is 1. The highest BCUT2D eigenvalue weighted by molar-refractivity contribution is 5.93. The second kappa shape index (κ2) is 13.3. The summed E-state index contributed by atoms with van der Waals surface area (Å²) in [5, 5.41) is 3.28. The van der Waals surface area contributed by atoms with E-state index in [1.165, 1.54) is 37.9 Å². The SMILES string of the molecule is C1CCNCC1.CCC(=O)N(c1ccccc1)C1CCN(CCc2ccccc2)CC1. The molecule has 2 heterocycles. The van der Waals surface area contributed by atoms with Crippen molar-refractivity contribution < 1.29 is 4.79 Å². The van der Waals surface area contributed by atoms with Gasteiger partial charge in [0.25, 0.3) is 0 Å². The first-order chi connectivity index (χ1) is 15.3. The van der Waals surface area contributed by atoms with E-state index in [1.54, 1.807) is 0 Å². The molecule has 4 heteroatoms. The van der Waals surface area contributed by atoms with E-state index >= 15 is 0 Å². The number of anilines is 1. The summed E-state index contributed by atoms with van der Waals surface area (Å²) in [6, 6.07) is 21.1. The summed E-state index contributed by atoms with van der Waals surface area (Å²) >= 11 is 0. The normalized spacial score (nSPS) is 17.5. The molecule has 0 aromatic heterocycles. The van der Waals surface area contributed by atoms with Gasteiger partial charge in [0.05, 0.1) is 0 Å². The number of hydrogen-bond donors (Lipinski definition) is 1. The number of carbonyl (C=O) groups is 1. The summed E-state index contributed by atoms with van der Waals surface area (Å²) in [6.45, 7) is 7.69. The van der Waals surface area contributed by atoms with Crippen molar-refractivity contribution in [2.45, 2.75) is 57.9 Å². The lowest BCUT2D eigenvalue weighted by Crippen LogP contribution is -2.47.